The molecule has 80 heavy (non-hydrogen) atoms. The Morgan fingerprint density at radius 2 is 0.825 bits per heavy atom. The smallest absolute Gasteiger partial charge is 0.383 e. The van der Waals surface area contributed by atoms with E-state index in [9.17, 15) is 0 Å². The van der Waals surface area contributed by atoms with Crippen LogP contribution in [0.25, 0.3) is 21.5 Å². The average molecular weight is 1060 g/mol. The molecule has 9 heterocycles. The molecule has 7 aliphatic rings. The van der Waals surface area contributed by atoms with E-state index in [2.05, 4.69) is 127 Å². The van der Waals surface area contributed by atoms with E-state index in [-0.39, 0.29) is 5.84 Å². The summed E-state index contributed by atoms with van der Waals surface area (Å²) in [5, 5.41) is 29.2. The van der Waals surface area contributed by atoms with E-state index in [0.29, 0.717) is 17.0 Å². The lowest BCUT2D eigenvalue weighted by molar-refractivity contribution is -0.790. The van der Waals surface area contributed by atoms with Crippen LogP contribution in [0.4, 0.5) is 11.6 Å². The summed E-state index contributed by atoms with van der Waals surface area (Å²) in [7, 11) is 0. The molecule has 13 heteroatoms. The highest BCUT2D eigenvalue weighted by atomic mass is 15.7. The molecule has 0 bridgehead atoms. The van der Waals surface area contributed by atoms with Gasteiger partial charge >= 0.3 is 5.91 Å². The van der Waals surface area contributed by atoms with Crippen LogP contribution in [0.1, 0.15) is 156 Å². The van der Waals surface area contributed by atoms with Crippen molar-refractivity contribution in [3.05, 3.63) is 196 Å². The molecule has 15 rings (SSSR count). The van der Waals surface area contributed by atoms with Gasteiger partial charge in [-0.1, -0.05) is 148 Å². The fourth-order valence-electron chi connectivity index (χ4n) is 12.0. The molecule has 1 spiro atoms. The molecule has 2 aromatic heterocycles. The number of aliphatic imine (C=N–C) groups is 3. The van der Waals surface area contributed by atoms with Gasteiger partial charge in [0.25, 0.3) is 23.3 Å². The normalized spacial score (nSPS) is 14.3. The lowest BCUT2D eigenvalue weighted by Gasteiger charge is -2.40. The SMILES string of the molecule is CC.CC.CC.CC.Cc1ccc(C#N)c(C#N)c1.Cc1ccc(C)c2c1C1=Nc3c4c(C)ccc(C)c4c4n3C35n6c(c7c(C)ccc(C)c7c6=NC6=[N+]3C(=N4)c3c(C)ccc(C)c36)=NC2=[N+]15.Cc1ccc2c(c1)C(=N)N=C2N. The third-order valence-electron chi connectivity index (χ3n) is 15.4. The maximum absolute atomic E-state index is 8.57. The van der Waals surface area contributed by atoms with Crippen molar-refractivity contribution in [1.82, 2.24) is 9.13 Å². The molecule has 402 valence electrons. The highest BCUT2D eigenvalue weighted by Gasteiger charge is 2.70. The van der Waals surface area contributed by atoms with E-state index >= 15 is 0 Å². The van der Waals surface area contributed by atoms with Crippen molar-refractivity contribution < 1.29 is 9.15 Å². The Labute approximate surface area is 469 Å². The van der Waals surface area contributed by atoms with Crippen molar-refractivity contribution in [2.75, 3.05) is 0 Å². The topological polar surface area (TPSA) is 175 Å². The zero-order chi connectivity index (χ0) is 58.1. The van der Waals surface area contributed by atoms with Crippen molar-refractivity contribution in [3.63, 3.8) is 0 Å². The number of benzene rings is 6. The minimum atomic E-state index is -0.983. The second kappa shape index (κ2) is 20.9. The first-order valence-electron chi connectivity index (χ1n) is 28.0. The zero-order valence-corrected chi connectivity index (χ0v) is 49.6. The summed E-state index contributed by atoms with van der Waals surface area (Å²) in [6.07, 6.45) is 0. The average Bonchev–Trinajstić information content (AvgIpc) is 4.42. The Morgan fingerprint density at radius 3 is 1.26 bits per heavy atom. The largest absolute Gasteiger partial charge is 0.404 e. The number of nitrogens with two attached hydrogens (primary N) is 1. The fourth-order valence-corrected chi connectivity index (χ4v) is 12.0. The summed E-state index contributed by atoms with van der Waals surface area (Å²) >= 11 is 0. The van der Waals surface area contributed by atoms with Crippen LogP contribution in [0.15, 0.2) is 110 Å². The summed E-state index contributed by atoms with van der Waals surface area (Å²) < 4.78 is 9.71. The van der Waals surface area contributed by atoms with E-state index < -0.39 is 5.91 Å². The predicted octanol–water partition coefficient (Wildman–Crippen LogP) is 13.1. The van der Waals surface area contributed by atoms with Crippen molar-refractivity contribution in [2.24, 2.45) is 30.7 Å². The van der Waals surface area contributed by atoms with Gasteiger partial charge in [0.1, 0.15) is 18.0 Å². The Kier molecular flexibility index (Phi) is 14.5. The fraction of sp³-hybridized carbons (Fsp3) is 0.284. The molecule has 0 saturated heterocycles. The number of fused-ring (bicyclic) bond motifs is 13. The molecular formula is C67H71N13+2. The van der Waals surface area contributed by atoms with E-state index in [1.165, 1.54) is 44.5 Å². The van der Waals surface area contributed by atoms with E-state index in [1.807, 2.05) is 106 Å². The third-order valence-corrected chi connectivity index (χ3v) is 15.4. The van der Waals surface area contributed by atoms with Gasteiger partial charge in [0, 0.05) is 11.1 Å². The van der Waals surface area contributed by atoms with Gasteiger partial charge in [-0.15, -0.1) is 9.15 Å². The van der Waals surface area contributed by atoms with Crippen molar-refractivity contribution in [2.45, 2.75) is 131 Å². The molecule has 0 atom stereocenters. The lowest BCUT2D eigenvalue weighted by Crippen LogP contribution is -2.71. The van der Waals surface area contributed by atoms with Crippen LogP contribution in [0.3, 0.4) is 0 Å². The van der Waals surface area contributed by atoms with Gasteiger partial charge in [-0.3, -0.25) is 5.41 Å². The van der Waals surface area contributed by atoms with Crippen molar-refractivity contribution in [3.8, 4) is 12.1 Å². The number of rotatable bonds is 0. The number of nitrogens with zero attached hydrogens (tertiary/aromatic N) is 11. The number of nitriles is 2. The van der Waals surface area contributed by atoms with E-state index in [1.54, 1.807) is 12.1 Å². The third kappa shape index (κ3) is 7.54. The lowest BCUT2D eigenvalue weighted by atomic mass is 9.97. The highest BCUT2D eigenvalue weighted by Crippen LogP contribution is 2.54. The molecule has 7 aliphatic heterocycles. The molecule has 6 aromatic carbocycles. The minimum absolute atomic E-state index is 0.270. The number of aryl methyl sites for hydroxylation is 10. The Morgan fingerprint density at radius 1 is 0.438 bits per heavy atom. The number of hydrogen-bond acceptors (Lipinski definition) is 8. The summed E-state index contributed by atoms with van der Waals surface area (Å²) in [6.45, 7) is 37.5. The van der Waals surface area contributed by atoms with Gasteiger partial charge in [-0.05, 0) is 138 Å². The molecule has 0 unspecified atom stereocenters. The summed E-state index contributed by atoms with van der Waals surface area (Å²) in [5.41, 5.74) is 26.4. The maximum atomic E-state index is 8.57. The van der Waals surface area contributed by atoms with Crippen LogP contribution in [0.2, 0.25) is 0 Å². The van der Waals surface area contributed by atoms with Crippen LogP contribution in [0.5, 0.6) is 0 Å². The summed E-state index contributed by atoms with van der Waals surface area (Å²) in [6, 6.07) is 32.8. The minimum Gasteiger partial charge on any atom is -0.383 e. The van der Waals surface area contributed by atoms with Crippen molar-refractivity contribution in [1.29, 1.82) is 15.9 Å². The van der Waals surface area contributed by atoms with Gasteiger partial charge in [0.15, 0.2) is 5.84 Å². The molecule has 13 nitrogen and oxygen atoms in total. The van der Waals surface area contributed by atoms with Crippen LogP contribution in [0, 0.1) is 97.3 Å². The quantitative estimate of drug-likeness (QED) is 0.144. The highest BCUT2D eigenvalue weighted by molar-refractivity contribution is 6.23. The first-order chi connectivity index (χ1) is 38.6. The number of hydrogen-bond donors (Lipinski definition) is 2. The Bertz CT molecular complexity index is 4230. The molecule has 0 fully saturated rings. The first-order valence-corrected chi connectivity index (χ1v) is 28.0. The Balaban J connectivity index is 0.000000206. The molecule has 0 saturated carbocycles. The molecule has 0 aliphatic carbocycles. The zero-order valence-electron chi connectivity index (χ0n) is 49.6. The Hall–Kier alpha value is -9.20. The standard InChI is InChI=1S/C41H32N8.C9H9N3.C9H6N2.4C2H6/c1-17-9-10-18(2)26-25(17)33-42-35-27-19(3)11-12-20(4)28(27)37-44-39-31-23(7)15-16-24(8)32(31)40-45-38-30-22(6)14-13-21(5)29(30)36-43-34(26)46(33)41(47(35)37,48(36)38)49(39)40;1-5-2-3-6-7(4-5)9(11)12-8(6)10;1-7-2-3-8(5-10)9(4-7)6-11;4*1-2/h9-16H,1-8H3;2-4H,1H3,(H3,10,11,12);2-4H,1H3;4*1-2H3/q+2;;;;;;. The van der Waals surface area contributed by atoms with Crippen LogP contribution >= 0.6 is 0 Å². The molecular weight excluding hydrogens is 987 g/mol. The van der Waals surface area contributed by atoms with Crippen LogP contribution < -0.4 is 16.7 Å². The van der Waals surface area contributed by atoms with E-state index in [0.717, 1.165) is 112 Å². The van der Waals surface area contributed by atoms with Crippen molar-refractivity contribution >= 4 is 68.2 Å². The second-order valence-corrected chi connectivity index (χ2v) is 19.9. The van der Waals surface area contributed by atoms with Crippen LogP contribution in [-0.2, 0) is 5.91 Å². The van der Waals surface area contributed by atoms with Gasteiger partial charge in [-0.2, -0.15) is 19.7 Å². The van der Waals surface area contributed by atoms with Gasteiger partial charge in [-0.25, -0.2) is 4.99 Å². The number of aromatic nitrogens is 2. The number of amidine groups is 6. The number of nitrogens with one attached hydrogen (secondary N) is 1. The predicted molar refractivity (Wildman–Crippen MR) is 326 cm³/mol. The van der Waals surface area contributed by atoms with Gasteiger partial charge in [0.2, 0.25) is 22.6 Å². The van der Waals surface area contributed by atoms with Crippen LogP contribution in [-0.4, -0.2) is 53.3 Å². The molecule has 0 radical (unpaired) electrons. The molecule has 3 N–H and O–H groups in total. The van der Waals surface area contributed by atoms with Gasteiger partial charge in [0.05, 0.1) is 54.9 Å². The summed E-state index contributed by atoms with van der Waals surface area (Å²) in [5.74, 6) is 5.35. The maximum Gasteiger partial charge on any atom is 0.404 e. The summed E-state index contributed by atoms with van der Waals surface area (Å²) in [4.78, 5) is 26.6. The monoisotopic (exact) mass is 1060 g/mol. The van der Waals surface area contributed by atoms with Gasteiger partial charge < -0.3 is 5.73 Å². The molecule has 0 amide bonds. The first kappa shape index (κ1) is 55.6. The van der Waals surface area contributed by atoms with E-state index in [4.69, 9.17) is 41.6 Å². The second-order valence-electron chi connectivity index (χ2n) is 19.9. The molecule has 8 aromatic rings.